The summed E-state index contributed by atoms with van der Waals surface area (Å²) in [6.07, 6.45) is 1.12. The number of rotatable bonds is 6. The molecule has 0 amide bonds. The van der Waals surface area contributed by atoms with E-state index in [1.165, 1.54) is 12.1 Å². The van der Waals surface area contributed by atoms with Crippen molar-refractivity contribution >= 4 is 28.9 Å². The Morgan fingerprint density at radius 3 is 2.82 bits per heavy atom. The molecule has 1 atom stereocenters. The summed E-state index contributed by atoms with van der Waals surface area (Å²) in [5.41, 5.74) is 0.680. The van der Waals surface area contributed by atoms with Crippen LogP contribution in [0.5, 0.6) is 0 Å². The van der Waals surface area contributed by atoms with Crippen molar-refractivity contribution < 1.29 is 9.66 Å². The first kappa shape index (κ1) is 14.2. The van der Waals surface area contributed by atoms with Gasteiger partial charge in [0.05, 0.1) is 16.9 Å². The number of methoxy groups -OCH3 is 1. The maximum atomic E-state index is 10.8. The summed E-state index contributed by atoms with van der Waals surface area (Å²) in [6.45, 7) is 0.427. The Morgan fingerprint density at radius 1 is 1.53 bits per heavy atom. The number of nitro benzene ring substituents is 1. The zero-order chi connectivity index (χ0) is 12.8. The Labute approximate surface area is 110 Å². The maximum absolute atomic E-state index is 10.8. The lowest BCUT2D eigenvalue weighted by atomic mass is 10.1. The van der Waals surface area contributed by atoms with Gasteiger partial charge in [0.25, 0.3) is 5.69 Å². The molecule has 0 fully saturated rings. The second-order valence-electron chi connectivity index (χ2n) is 3.62. The monoisotopic (exact) mass is 277 g/mol. The number of hydrogen-bond acceptors (Lipinski definition) is 3. The van der Waals surface area contributed by atoms with Crippen LogP contribution in [0.2, 0.25) is 5.02 Å². The third-order valence-corrected chi connectivity index (χ3v) is 2.89. The van der Waals surface area contributed by atoms with Crippen molar-refractivity contribution in [3.05, 3.63) is 38.9 Å². The van der Waals surface area contributed by atoms with Gasteiger partial charge in [-0.1, -0.05) is 11.6 Å². The lowest BCUT2D eigenvalue weighted by Crippen LogP contribution is -2.09. The van der Waals surface area contributed by atoms with Crippen molar-refractivity contribution in [2.45, 2.75) is 18.2 Å². The predicted molar refractivity (Wildman–Crippen MR) is 67.9 cm³/mol. The zero-order valence-corrected chi connectivity index (χ0v) is 10.9. The summed E-state index contributed by atoms with van der Waals surface area (Å²) in [5, 5.41) is 11.1. The van der Waals surface area contributed by atoms with Gasteiger partial charge in [0, 0.05) is 23.8 Å². The third-order valence-electron chi connectivity index (χ3n) is 2.31. The van der Waals surface area contributed by atoms with Gasteiger partial charge < -0.3 is 4.74 Å². The topological polar surface area (TPSA) is 52.4 Å². The maximum Gasteiger partial charge on any atom is 0.272 e. The molecule has 6 heteroatoms. The summed E-state index contributed by atoms with van der Waals surface area (Å²) < 4.78 is 4.90. The molecule has 0 saturated heterocycles. The van der Waals surface area contributed by atoms with E-state index in [1.807, 2.05) is 0 Å². The van der Waals surface area contributed by atoms with E-state index in [4.69, 9.17) is 27.9 Å². The van der Waals surface area contributed by atoms with Crippen LogP contribution in [-0.2, 0) is 11.2 Å². The molecule has 0 aliphatic rings. The Hall–Kier alpha value is -0.840. The molecule has 1 rings (SSSR count). The Kier molecular flexibility index (Phi) is 5.68. The fourth-order valence-electron chi connectivity index (χ4n) is 1.51. The molecule has 94 valence electrons. The number of nitrogens with zero attached hydrogens (tertiary/aromatic N) is 1. The van der Waals surface area contributed by atoms with Crippen molar-refractivity contribution in [2.24, 2.45) is 0 Å². The van der Waals surface area contributed by atoms with E-state index < -0.39 is 4.92 Å². The Morgan fingerprint density at radius 2 is 2.24 bits per heavy atom. The van der Waals surface area contributed by atoms with E-state index in [9.17, 15) is 10.1 Å². The van der Waals surface area contributed by atoms with E-state index in [-0.39, 0.29) is 11.1 Å². The van der Waals surface area contributed by atoms with Crippen LogP contribution in [0.4, 0.5) is 5.69 Å². The quantitative estimate of drug-likeness (QED) is 0.455. The van der Waals surface area contributed by atoms with E-state index in [1.54, 1.807) is 13.2 Å². The minimum Gasteiger partial charge on any atom is -0.383 e. The van der Waals surface area contributed by atoms with Crippen LogP contribution < -0.4 is 0 Å². The standard InChI is InChI=1S/C11H13Cl2NO3/c1-17-7-10(13)3-2-8-6-9(12)4-5-11(8)14(15)16/h4-6,10H,2-3,7H2,1H3. The SMILES string of the molecule is COCC(Cl)CCc1cc(Cl)ccc1[N+](=O)[O-]. The number of ether oxygens (including phenoxy) is 1. The highest BCUT2D eigenvalue weighted by Crippen LogP contribution is 2.24. The van der Waals surface area contributed by atoms with Crippen LogP contribution in [0.15, 0.2) is 18.2 Å². The number of alkyl halides is 1. The fourth-order valence-corrected chi connectivity index (χ4v) is 1.94. The van der Waals surface area contributed by atoms with Gasteiger partial charge in [-0.15, -0.1) is 11.6 Å². The van der Waals surface area contributed by atoms with E-state index in [0.717, 1.165) is 0 Å². The van der Waals surface area contributed by atoms with Gasteiger partial charge in [0.1, 0.15) is 0 Å². The fraction of sp³-hybridized carbons (Fsp3) is 0.455. The highest BCUT2D eigenvalue weighted by Gasteiger charge is 2.15. The van der Waals surface area contributed by atoms with Gasteiger partial charge in [-0.3, -0.25) is 10.1 Å². The number of aryl methyl sites for hydroxylation is 1. The minimum absolute atomic E-state index is 0.0793. The van der Waals surface area contributed by atoms with Crippen LogP contribution in [0, 0.1) is 10.1 Å². The predicted octanol–water partition coefficient (Wildman–Crippen LogP) is 3.43. The normalized spacial score (nSPS) is 12.4. The van der Waals surface area contributed by atoms with Crippen molar-refractivity contribution in [1.82, 2.24) is 0 Å². The molecule has 1 aromatic rings. The number of nitro groups is 1. The molecule has 1 unspecified atom stereocenters. The molecule has 0 bridgehead atoms. The van der Waals surface area contributed by atoms with Gasteiger partial charge in [0.2, 0.25) is 0 Å². The average Bonchev–Trinajstić information content (AvgIpc) is 2.26. The van der Waals surface area contributed by atoms with Crippen molar-refractivity contribution in [3.63, 3.8) is 0 Å². The number of hydrogen-bond donors (Lipinski definition) is 0. The molecular formula is C11H13Cl2NO3. The van der Waals surface area contributed by atoms with Crippen LogP contribution in [-0.4, -0.2) is 24.0 Å². The Bertz CT molecular complexity index is 398. The lowest BCUT2D eigenvalue weighted by Gasteiger charge is -2.08. The van der Waals surface area contributed by atoms with Crippen LogP contribution >= 0.6 is 23.2 Å². The molecule has 1 aromatic carbocycles. The van der Waals surface area contributed by atoms with Gasteiger partial charge in [-0.05, 0) is 25.0 Å². The number of benzene rings is 1. The molecule has 0 aliphatic carbocycles. The molecule has 0 spiro atoms. The summed E-state index contributed by atoms with van der Waals surface area (Å²) in [4.78, 5) is 10.4. The second-order valence-corrected chi connectivity index (χ2v) is 4.68. The Balaban J connectivity index is 2.75. The van der Waals surface area contributed by atoms with Crippen LogP contribution in [0.3, 0.4) is 0 Å². The van der Waals surface area contributed by atoms with E-state index in [2.05, 4.69) is 0 Å². The van der Waals surface area contributed by atoms with Crippen molar-refractivity contribution in [3.8, 4) is 0 Å². The smallest absolute Gasteiger partial charge is 0.272 e. The molecule has 0 saturated carbocycles. The van der Waals surface area contributed by atoms with Gasteiger partial charge in [-0.25, -0.2) is 0 Å². The van der Waals surface area contributed by atoms with Crippen molar-refractivity contribution in [1.29, 1.82) is 0 Å². The largest absolute Gasteiger partial charge is 0.383 e. The molecule has 17 heavy (non-hydrogen) atoms. The average molecular weight is 278 g/mol. The summed E-state index contributed by atoms with van der Waals surface area (Å²) in [5.74, 6) is 0. The van der Waals surface area contributed by atoms with Gasteiger partial charge >= 0.3 is 0 Å². The lowest BCUT2D eigenvalue weighted by molar-refractivity contribution is -0.385. The zero-order valence-electron chi connectivity index (χ0n) is 9.36. The minimum atomic E-state index is -0.411. The first-order chi connectivity index (χ1) is 8.04. The van der Waals surface area contributed by atoms with Gasteiger partial charge in [0.15, 0.2) is 0 Å². The van der Waals surface area contributed by atoms with Gasteiger partial charge in [-0.2, -0.15) is 0 Å². The number of halogens is 2. The summed E-state index contributed by atoms with van der Waals surface area (Å²) >= 11 is 11.8. The van der Waals surface area contributed by atoms with Crippen molar-refractivity contribution in [2.75, 3.05) is 13.7 Å². The molecule has 4 nitrogen and oxygen atoms in total. The van der Waals surface area contributed by atoms with E-state index >= 15 is 0 Å². The molecule has 0 N–H and O–H groups in total. The van der Waals surface area contributed by atoms with E-state index in [0.29, 0.717) is 30.0 Å². The first-order valence-electron chi connectivity index (χ1n) is 5.10. The van der Waals surface area contributed by atoms with Crippen LogP contribution in [0.1, 0.15) is 12.0 Å². The summed E-state index contributed by atoms with van der Waals surface area (Å²) in [6, 6.07) is 4.53. The highest BCUT2D eigenvalue weighted by molar-refractivity contribution is 6.30. The molecule has 0 radical (unpaired) electrons. The van der Waals surface area contributed by atoms with Crippen LogP contribution in [0.25, 0.3) is 0 Å². The first-order valence-corrected chi connectivity index (χ1v) is 5.92. The highest BCUT2D eigenvalue weighted by atomic mass is 35.5. The second kappa shape index (κ2) is 6.79. The summed E-state index contributed by atoms with van der Waals surface area (Å²) in [7, 11) is 1.57. The molecule has 0 heterocycles. The molecule has 0 aliphatic heterocycles. The third kappa shape index (κ3) is 4.50. The molecular weight excluding hydrogens is 265 g/mol. The molecule has 0 aromatic heterocycles.